The fourth-order valence-corrected chi connectivity index (χ4v) is 3.53. The number of allylic oxidation sites excluding steroid dienone is 5. The van der Waals surface area contributed by atoms with Gasteiger partial charge in [-0.2, -0.15) is 0 Å². The van der Waals surface area contributed by atoms with Crippen molar-refractivity contribution in [2.75, 3.05) is 0 Å². The number of aliphatic hydroxyl groups excluding tert-OH is 1. The number of hydrogen-bond donors (Lipinski definition) is 1. The highest BCUT2D eigenvalue weighted by Gasteiger charge is 2.32. The normalized spacial score (nSPS) is 25.3. The van der Waals surface area contributed by atoms with E-state index in [9.17, 15) is 9.90 Å². The van der Waals surface area contributed by atoms with Crippen LogP contribution >= 0.6 is 0 Å². The molecule has 27 heavy (non-hydrogen) atoms. The average Bonchev–Trinajstić information content (AvgIpc) is 2.67. The zero-order valence-corrected chi connectivity index (χ0v) is 18.2. The predicted molar refractivity (Wildman–Crippen MR) is 113 cm³/mol. The van der Waals surface area contributed by atoms with E-state index in [0.717, 1.165) is 31.3 Å². The molecule has 1 aliphatic carbocycles. The number of ether oxygens (including phenoxy) is 1. The van der Waals surface area contributed by atoms with Gasteiger partial charge in [0.25, 0.3) is 0 Å². The first-order valence-corrected chi connectivity index (χ1v) is 10.2. The van der Waals surface area contributed by atoms with Crippen LogP contribution in [0.5, 0.6) is 0 Å². The van der Waals surface area contributed by atoms with E-state index in [1.807, 2.05) is 32.1 Å². The van der Waals surface area contributed by atoms with E-state index >= 15 is 0 Å². The minimum absolute atomic E-state index is 0.0920. The second-order valence-electron chi connectivity index (χ2n) is 8.16. The lowest BCUT2D eigenvalue weighted by atomic mass is 9.91. The maximum absolute atomic E-state index is 12.3. The summed E-state index contributed by atoms with van der Waals surface area (Å²) in [5.41, 5.74) is 1.82. The molecule has 1 rings (SSSR count). The molecule has 1 N–H and O–H groups in total. The Morgan fingerprint density at radius 2 is 1.96 bits per heavy atom. The first-order chi connectivity index (χ1) is 12.6. The topological polar surface area (TPSA) is 46.5 Å². The third-order valence-electron chi connectivity index (χ3n) is 5.12. The van der Waals surface area contributed by atoms with Crippen molar-refractivity contribution in [2.24, 2.45) is 11.8 Å². The van der Waals surface area contributed by atoms with Gasteiger partial charge in [-0.1, -0.05) is 49.6 Å². The number of hydrogen-bond acceptors (Lipinski definition) is 3. The first kappa shape index (κ1) is 23.4. The molecule has 0 aromatic carbocycles. The fraction of sp³-hybridized carbons (Fsp3) is 0.625. The molecule has 3 nitrogen and oxygen atoms in total. The molecular formula is C24H38O3. The van der Waals surface area contributed by atoms with Crippen LogP contribution in [0.2, 0.25) is 0 Å². The molecule has 4 atom stereocenters. The summed E-state index contributed by atoms with van der Waals surface area (Å²) >= 11 is 0. The molecule has 0 aliphatic heterocycles. The van der Waals surface area contributed by atoms with Gasteiger partial charge in [-0.15, -0.1) is 0 Å². The maximum atomic E-state index is 12.3. The van der Waals surface area contributed by atoms with Gasteiger partial charge in [0.2, 0.25) is 0 Å². The van der Waals surface area contributed by atoms with Gasteiger partial charge in [0.15, 0.2) is 0 Å². The van der Waals surface area contributed by atoms with Crippen LogP contribution < -0.4 is 0 Å². The molecular weight excluding hydrogens is 336 g/mol. The van der Waals surface area contributed by atoms with E-state index in [1.165, 1.54) is 5.57 Å². The molecule has 1 aliphatic rings. The number of Topliss-reactive ketones (excluding diaryl/α,β-unsaturated/α-hetero) is 1. The van der Waals surface area contributed by atoms with Crippen molar-refractivity contribution in [3.8, 4) is 0 Å². The predicted octanol–water partition coefficient (Wildman–Crippen LogP) is 5.91. The summed E-state index contributed by atoms with van der Waals surface area (Å²) < 4.78 is 6.47. The lowest BCUT2D eigenvalue weighted by molar-refractivity contribution is -0.118. The minimum atomic E-state index is -0.644. The Hall–Kier alpha value is -1.61. The number of rotatable bonds is 9. The van der Waals surface area contributed by atoms with Gasteiger partial charge < -0.3 is 9.84 Å². The Morgan fingerprint density at radius 1 is 1.30 bits per heavy atom. The maximum Gasteiger partial charge on any atom is 0.140 e. The number of carbonyl (C=O) groups is 1. The van der Waals surface area contributed by atoms with Crippen LogP contribution in [0.1, 0.15) is 74.1 Å². The van der Waals surface area contributed by atoms with Gasteiger partial charge in [0.1, 0.15) is 17.1 Å². The molecule has 0 bridgehead atoms. The molecule has 0 spiro atoms. The Bertz CT molecular complexity index is 620. The molecule has 0 fully saturated rings. The summed E-state index contributed by atoms with van der Waals surface area (Å²) in [4.78, 5) is 12.3. The SMILES string of the molecule is C/C=C\C(C)(CCC=C(C)C)OC1=CC(C(C)=O)C(CCC)=CC(O)C1C. The lowest BCUT2D eigenvalue weighted by Gasteiger charge is -2.32. The van der Waals surface area contributed by atoms with Crippen LogP contribution in [0, 0.1) is 11.8 Å². The van der Waals surface area contributed by atoms with Crippen molar-refractivity contribution in [2.45, 2.75) is 85.9 Å². The summed E-state index contributed by atoms with van der Waals surface area (Å²) in [5, 5.41) is 10.7. The highest BCUT2D eigenvalue weighted by atomic mass is 16.5. The number of carbonyl (C=O) groups excluding carboxylic acids is 1. The third-order valence-corrected chi connectivity index (χ3v) is 5.12. The van der Waals surface area contributed by atoms with Crippen LogP contribution in [-0.4, -0.2) is 22.6 Å². The Morgan fingerprint density at radius 3 is 2.48 bits per heavy atom. The smallest absolute Gasteiger partial charge is 0.140 e. The molecule has 0 saturated heterocycles. The second kappa shape index (κ2) is 10.7. The second-order valence-corrected chi connectivity index (χ2v) is 8.16. The molecule has 0 radical (unpaired) electrons. The van der Waals surface area contributed by atoms with Gasteiger partial charge in [-0.25, -0.2) is 0 Å². The van der Waals surface area contributed by atoms with Crippen molar-refractivity contribution >= 4 is 5.78 Å². The molecule has 0 aromatic heterocycles. The molecule has 0 saturated carbocycles. The molecule has 4 unspecified atom stereocenters. The van der Waals surface area contributed by atoms with E-state index in [1.54, 1.807) is 6.92 Å². The highest BCUT2D eigenvalue weighted by Crippen LogP contribution is 2.34. The van der Waals surface area contributed by atoms with Crippen LogP contribution in [0.4, 0.5) is 0 Å². The van der Waals surface area contributed by atoms with E-state index in [-0.39, 0.29) is 17.6 Å². The quantitative estimate of drug-likeness (QED) is 0.510. The summed E-state index contributed by atoms with van der Waals surface area (Å²) in [5.74, 6) is 0.304. The summed E-state index contributed by atoms with van der Waals surface area (Å²) in [7, 11) is 0. The molecule has 3 heteroatoms. The Labute approximate surface area is 165 Å². The van der Waals surface area contributed by atoms with Crippen LogP contribution in [0.25, 0.3) is 0 Å². The largest absolute Gasteiger partial charge is 0.488 e. The van der Waals surface area contributed by atoms with Gasteiger partial charge in [0.05, 0.1) is 12.0 Å². The zero-order valence-electron chi connectivity index (χ0n) is 18.2. The standard InChI is InChI=1S/C24H38O3/c1-8-11-20-15-22(26)18(5)23(16-21(20)19(6)25)27-24(7,13-9-2)14-10-12-17(3)4/h9,12-13,15-16,18,21-22,26H,8,10-11,14H2,1-7H3/b13-9-. The van der Waals surface area contributed by atoms with Gasteiger partial charge >= 0.3 is 0 Å². The van der Waals surface area contributed by atoms with Crippen molar-refractivity contribution in [3.63, 3.8) is 0 Å². The van der Waals surface area contributed by atoms with E-state index in [4.69, 9.17) is 4.74 Å². The summed E-state index contributed by atoms with van der Waals surface area (Å²) in [6.07, 6.45) is 13.0. The Balaban J connectivity index is 3.20. The molecule has 152 valence electrons. The lowest BCUT2D eigenvalue weighted by Crippen LogP contribution is -2.29. The van der Waals surface area contributed by atoms with Crippen molar-refractivity contribution in [1.82, 2.24) is 0 Å². The number of ketones is 1. The van der Waals surface area contributed by atoms with Crippen molar-refractivity contribution in [1.29, 1.82) is 0 Å². The average molecular weight is 375 g/mol. The fourth-order valence-electron chi connectivity index (χ4n) is 3.53. The van der Waals surface area contributed by atoms with Crippen molar-refractivity contribution < 1.29 is 14.6 Å². The van der Waals surface area contributed by atoms with Crippen LogP contribution in [0.15, 0.2) is 47.3 Å². The zero-order chi connectivity index (χ0) is 20.6. The van der Waals surface area contributed by atoms with Crippen LogP contribution in [-0.2, 0) is 9.53 Å². The monoisotopic (exact) mass is 374 g/mol. The van der Waals surface area contributed by atoms with Crippen molar-refractivity contribution in [3.05, 3.63) is 47.3 Å². The summed E-state index contributed by atoms with van der Waals surface area (Å²) in [6.45, 7) is 13.9. The van der Waals surface area contributed by atoms with Gasteiger partial charge in [0, 0.05) is 5.92 Å². The number of aliphatic hydroxyl groups is 1. The first-order valence-electron chi connectivity index (χ1n) is 10.2. The van der Waals surface area contributed by atoms with Gasteiger partial charge in [-0.3, -0.25) is 4.79 Å². The molecule has 0 amide bonds. The molecule has 0 heterocycles. The van der Waals surface area contributed by atoms with Gasteiger partial charge in [-0.05, 0) is 66.0 Å². The molecule has 0 aromatic rings. The highest BCUT2D eigenvalue weighted by molar-refractivity contribution is 5.83. The minimum Gasteiger partial charge on any atom is -0.488 e. The van der Waals surface area contributed by atoms with E-state index in [2.05, 4.69) is 39.8 Å². The third kappa shape index (κ3) is 7.14. The summed E-state index contributed by atoms with van der Waals surface area (Å²) in [6, 6.07) is 0. The van der Waals surface area contributed by atoms with E-state index in [0.29, 0.717) is 5.76 Å². The Kier molecular flexibility index (Phi) is 9.25. The van der Waals surface area contributed by atoms with E-state index < -0.39 is 11.7 Å². The van der Waals surface area contributed by atoms with Crippen LogP contribution in [0.3, 0.4) is 0 Å².